The molecule has 19 heavy (non-hydrogen) atoms. The van der Waals surface area contributed by atoms with Gasteiger partial charge in [0.25, 0.3) is 0 Å². The van der Waals surface area contributed by atoms with Crippen LogP contribution in [0.15, 0.2) is 0 Å². The van der Waals surface area contributed by atoms with Gasteiger partial charge in [0.2, 0.25) is 0 Å². The van der Waals surface area contributed by atoms with Crippen LogP contribution in [0, 0.1) is 5.92 Å². The summed E-state index contributed by atoms with van der Waals surface area (Å²) < 4.78 is 11.5. The molecule has 4 unspecified atom stereocenters. The zero-order valence-corrected chi connectivity index (χ0v) is 12.2. The van der Waals surface area contributed by atoms with Crippen LogP contribution in [0.4, 0.5) is 0 Å². The van der Waals surface area contributed by atoms with Crippen molar-refractivity contribution in [3.05, 3.63) is 0 Å². The van der Waals surface area contributed by atoms with E-state index in [4.69, 9.17) is 9.47 Å². The second-order valence-electron chi connectivity index (χ2n) is 6.91. The molecule has 0 aromatic carbocycles. The molecule has 110 valence electrons. The van der Waals surface area contributed by atoms with E-state index in [1.807, 2.05) is 0 Å². The highest BCUT2D eigenvalue weighted by Crippen LogP contribution is 2.44. The standard InChI is InChI=1S/C15H27NO3/c1-12-9-15(17,4-6-16(12)2)13-3-7-19-14(10-13)5-8-18-11-14/h12-13,17H,3-11H2,1-2H3. The molecular weight excluding hydrogens is 242 g/mol. The van der Waals surface area contributed by atoms with Gasteiger partial charge in [-0.2, -0.15) is 0 Å². The first-order valence-corrected chi connectivity index (χ1v) is 7.67. The molecule has 0 bridgehead atoms. The van der Waals surface area contributed by atoms with E-state index in [9.17, 15) is 5.11 Å². The van der Waals surface area contributed by atoms with Crippen molar-refractivity contribution >= 4 is 0 Å². The predicted octanol–water partition coefficient (Wildman–Crippen LogP) is 1.42. The van der Waals surface area contributed by atoms with Crippen molar-refractivity contribution in [2.24, 2.45) is 5.92 Å². The molecule has 3 aliphatic heterocycles. The Morgan fingerprint density at radius 2 is 2.05 bits per heavy atom. The molecule has 0 aromatic heterocycles. The Hall–Kier alpha value is -0.160. The summed E-state index contributed by atoms with van der Waals surface area (Å²) in [6.45, 7) is 5.52. The van der Waals surface area contributed by atoms with Gasteiger partial charge in [-0.3, -0.25) is 0 Å². The third kappa shape index (κ3) is 2.56. The Labute approximate surface area is 116 Å². The molecule has 3 fully saturated rings. The molecule has 0 amide bonds. The van der Waals surface area contributed by atoms with Crippen LogP contribution in [0.3, 0.4) is 0 Å². The van der Waals surface area contributed by atoms with E-state index in [0.717, 1.165) is 58.5 Å². The van der Waals surface area contributed by atoms with E-state index in [-0.39, 0.29) is 5.60 Å². The van der Waals surface area contributed by atoms with Crippen molar-refractivity contribution in [1.29, 1.82) is 0 Å². The Balaban J connectivity index is 1.70. The molecule has 0 aromatic rings. The van der Waals surface area contributed by atoms with Crippen molar-refractivity contribution in [3.8, 4) is 0 Å². The zero-order chi connectivity index (χ0) is 13.5. The molecule has 4 heteroatoms. The Bertz CT molecular complexity index is 329. The van der Waals surface area contributed by atoms with Crippen LogP contribution in [-0.4, -0.2) is 60.7 Å². The van der Waals surface area contributed by atoms with Gasteiger partial charge in [-0.1, -0.05) is 0 Å². The van der Waals surface area contributed by atoms with Gasteiger partial charge < -0.3 is 19.5 Å². The number of nitrogens with zero attached hydrogens (tertiary/aromatic N) is 1. The van der Waals surface area contributed by atoms with Crippen LogP contribution in [0.1, 0.15) is 39.0 Å². The molecule has 4 nitrogen and oxygen atoms in total. The lowest BCUT2D eigenvalue weighted by Gasteiger charge is -2.49. The fraction of sp³-hybridized carbons (Fsp3) is 1.00. The average molecular weight is 269 g/mol. The van der Waals surface area contributed by atoms with E-state index in [1.54, 1.807) is 0 Å². The summed E-state index contributed by atoms with van der Waals surface area (Å²) in [5, 5.41) is 11.1. The normalized spacial score (nSPS) is 48.8. The van der Waals surface area contributed by atoms with E-state index in [0.29, 0.717) is 12.0 Å². The van der Waals surface area contributed by atoms with Crippen LogP contribution in [0.2, 0.25) is 0 Å². The summed E-state index contributed by atoms with van der Waals surface area (Å²) in [5.41, 5.74) is -0.587. The van der Waals surface area contributed by atoms with Crippen molar-refractivity contribution in [2.75, 3.05) is 33.4 Å². The summed E-state index contributed by atoms with van der Waals surface area (Å²) >= 11 is 0. The van der Waals surface area contributed by atoms with Crippen molar-refractivity contribution in [3.63, 3.8) is 0 Å². The topological polar surface area (TPSA) is 41.9 Å². The molecule has 4 atom stereocenters. The molecular formula is C15H27NO3. The summed E-state index contributed by atoms with van der Waals surface area (Å²) in [7, 11) is 2.15. The quantitative estimate of drug-likeness (QED) is 0.782. The van der Waals surface area contributed by atoms with Gasteiger partial charge in [0.05, 0.1) is 17.8 Å². The lowest BCUT2D eigenvalue weighted by atomic mass is 9.70. The highest BCUT2D eigenvalue weighted by atomic mass is 16.6. The van der Waals surface area contributed by atoms with Gasteiger partial charge in [-0.25, -0.2) is 0 Å². The number of aliphatic hydroxyl groups is 1. The number of ether oxygens (including phenoxy) is 2. The second-order valence-corrected chi connectivity index (χ2v) is 6.91. The molecule has 3 heterocycles. The number of likely N-dealkylation sites (tertiary alicyclic amines) is 1. The summed E-state index contributed by atoms with van der Waals surface area (Å²) in [4.78, 5) is 2.35. The lowest BCUT2D eigenvalue weighted by Crippen LogP contribution is -2.55. The number of rotatable bonds is 1. The third-order valence-electron chi connectivity index (χ3n) is 5.62. The van der Waals surface area contributed by atoms with Gasteiger partial charge in [0.1, 0.15) is 0 Å². The summed E-state index contributed by atoms with van der Waals surface area (Å²) in [6, 6.07) is 0.470. The van der Waals surface area contributed by atoms with Gasteiger partial charge in [-0.05, 0) is 45.6 Å². The van der Waals surface area contributed by atoms with Crippen LogP contribution < -0.4 is 0 Å². The number of piperidine rings is 1. The van der Waals surface area contributed by atoms with Crippen molar-refractivity contribution in [1.82, 2.24) is 4.90 Å². The van der Waals surface area contributed by atoms with Crippen LogP contribution in [0.5, 0.6) is 0 Å². The molecule has 3 rings (SSSR count). The second kappa shape index (κ2) is 4.99. The Kier molecular flexibility index (Phi) is 3.63. The molecule has 0 radical (unpaired) electrons. The summed E-state index contributed by atoms with van der Waals surface area (Å²) in [5.74, 6) is 0.374. The van der Waals surface area contributed by atoms with Gasteiger partial charge in [0.15, 0.2) is 0 Å². The summed E-state index contributed by atoms with van der Waals surface area (Å²) in [6.07, 6.45) is 4.75. The van der Waals surface area contributed by atoms with Crippen LogP contribution in [0.25, 0.3) is 0 Å². The smallest absolute Gasteiger partial charge is 0.0940 e. The minimum Gasteiger partial charge on any atom is -0.389 e. The maximum Gasteiger partial charge on any atom is 0.0940 e. The molecule has 1 spiro atoms. The number of hydrogen-bond acceptors (Lipinski definition) is 4. The van der Waals surface area contributed by atoms with E-state index in [1.165, 1.54) is 0 Å². The zero-order valence-electron chi connectivity index (χ0n) is 12.2. The minimum absolute atomic E-state index is 0.0920. The lowest BCUT2D eigenvalue weighted by molar-refractivity contribution is -0.159. The van der Waals surface area contributed by atoms with Gasteiger partial charge in [-0.15, -0.1) is 0 Å². The van der Waals surface area contributed by atoms with Crippen LogP contribution >= 0.6 is 0 Å². The first kappa shape index (κ1) is 13.8. The monoisotopic (exact) mass is 269 g/mol. The molecule has 3 saturated heterocycles. The fourth-order valence-corrected chi connectivity index (χ4v) is 4.08. The van der Waals surface area contributed by atoms with E-state index >= 15 is 0 Å². The van der Waals surface area contributed by atoms with E-state index in [2.05, 4.69) is 18.9 Å². The maximum absolute atomic E-state index is 11.1. The first-order chi connectivity index (χ1) is 9.03. The third-order valence-corrected chi connectivity index (χ3v) is 5.62. The highest BCUT2D eigenvalue weighted by molar-refractivity contribution is 5.00. The highest BCUT2D eigenvalue weighted by Gasteiger charge is 2.49. The van der Waals surface area contributed by atoms with Gasteiger partial charge >= 0.3 is 0 Å². The minimum atomic E-state index is -0.495. The molecule has 0 saturated carbocycles. The van der Waals surface area contributed by atoms with Crippen molar-refractivity contribution in [2.45, 2.75) is 56.3 Å². The van der Waals surface area contributed by atoms with Crippen molar-refractivity contribution < 1.29 is 14.6 Å². The maximum atomic E-state index is 11.1. The van der Waals surface area contributed by atoms with Gasteiger partial charge in [0, 0.05) is 32.2 Å². The largest absolute Gasteiger partial charge is 0.389 e. The predicted molar refractivity (Wildman–Crippen MR) is 73.1 cm³/mol. The SMILES string of the molecule is CC1CC(O)(C2CCOC3(CCOC3)C2)CCN1C. The Morgan fingerprint density at radius 1 is 1.21 bits per heavy atom. The average Bonchev–Trinajstić information content (AvgIpc) is 2.83. The first-order valence-electron chi connectivity index (χ1n) is 7.67. The van der Waals surface area contributed by atoms with Crippen LogP contribution in [-0.2, 0) is 9.47 Å². The Morgan fingerprint density at radius 3 is 2.74 bits per heavy atom. The number of hydrogen-bond donors (Lipinski definition) is 1. The van der Waals surface area contributed by atoms with E-state index < -0.39 is 5.60 Å². The fourth-order valence-electron chi connectivity index (χ4n) is 4.08. The molecule has 1 N–H and O–H groups in total. The molecule has 0 aliphatic carbocycles. The molecule has 3 aliphatic rings.